The van der Waals surface area contributed by atoms with Gasteiger partial charge in [-0.2, -0.15) is 0 Å². The van der Waals surface area contributed by atoms with Crippen LogP contribution in [0.4, 0.5) is 0 Å². The lowest BCUT2D eigenvalue weighted by molar-refractivity contribution is 0.508. The summed E-state index contributed by atoms with van der Waals surface area (Å²) in [5.74, 6) is 1.94. The first kappa shape index (κ1) is 10.7. The first-order valence-corrected chi connectivity index (χ1v) is 6.03. The standard InChI is InChI=1S/C12H13ClN4/c1-8-6-9(13)2-3-10(8)12-16-15-11-7-14-4-5-17(11)12/h2-3,6,14H,4-5,7H2,1H3. The van der Waals surface area contributed by atoms with Gasteiger partial charge in [-0.15, -0.1) is 10.2 Å². The second-order valence-corrected chi connectivity index (χ2v) is 4.66. The molecule has 1 aromatic carbocycles. The average Bonchev–Trinajstić information content (AvgIpc) is 2.73. The molecule has 1 aromatic heterocycles. The number of hydrogen-bond donors (Lipinski definition) is 1. The molecule has 88 valence electrons. The van der Waals surface area contributed by atoms with E-state index in [0.29, 0.717) is 0 Å². The van der Waals surface area contributed by atoms with E-state index in [4.69, 9.17) is 11.6 Å². The van der Waals surface area contributed by atoms with E-state index in [2.05, 4.69) is 20.1 Å². The second-order valence-electron chi connectivity index (χ2n) is 4.23. The monoisotopic (exact) mass is 248 g/mol. The summed E-state index contributed by atoms with van der Waals surface area (Å²) in [5.41, 5.74) is 2.24. The van der Waals surface area contributed by atoms with Gasteiger partial charge in [0, 0.05) is 23.7 Å². The summed E-state index contributed by atoms with van der Waals surface area (Å²) >= 11 is 5.97. The number of benzene rings is 1. The van der Waals surface area contributed by atoms with Gasteiger partial charge in [0.05, 0.1) is 6.54 Å². The number of fused-ring (bicyclic) bond motifs is 1. The summed E-state index contributed by atoms with van der Waals surface area (Å²) < 4.78 is 2.17. The molecule has 0 fully saturated rings. The average molecular weight is 249 g/mol. The van der Waals surface area contributed by atoms with Crippen molar-refractivity contribution in [2.24, 2.45) is 0 Å². The van der Waals surface area contributed by atoms with Gasteiger partial charge in [0.2, 0.25) is 0 Å². The fourth-order valence-electron chi connectivity index (χ4n) is 2.17. The highest BCUT2D eigenvalue weighted by Gasteiger charge is 2.17. The third-order valence-corrected chi connectivity index (χ3v) is 3.29. The highest BCUT2D eigenvalue weighted by molar-refractivity contribution is 6.30. The molecule has 0 atom stereocenters. The molecule has 0 amide bonds. The van der Waals surface area contributed by atoms with Crippen LogP contribution in [0.25, 0.3) is 11.4 Å². The third kappa shape index (κ3) is 1.83. The van der Waals surface area contributed by atoms with Crippen LogP contribution in [-0.2, 0) is 13.1 Å². The Bertz CT molecular complexity index is 562. The van der Waals surface area contributed by atoms with Crippen LogP contribution in [-0.4, -0.2) is 21.3 Å². The van der Waals surface area contributed by atoms with Gasteiger partial charge in [-0.3, -0.25) is 0 Å². The van der Waals surface area contributed by atoms with Gasteiger partial charge in [0.1, 0.15) is 5.82 Å². The van der Waals surface area contributed by atoms with Crippen LogP contribution in [0.5, 0.6) is 0 Å². The number of nitrogens with one attached hydrogen (secondary N) is 1. The smallest absolute Gasteiger partial charge is 0.164 e. The quantitative estimate of drug-likeness (QED) is 0.840. The van der Waals surface area contributed by atoms with Crippen molar-refractivity contribution >= 4 is 11.6 Å². The molecule has 0 spiro atoms. The molecule has 0 saturated heterocycles. The van der Waals surface area contributed by atoms with Crippen molar-refractivity contribution in [3.63, 3.8) is 0 Å². The Morgan fingerprint density at radius 3 is 3.06 bits per heavy atom. The molecule has 3 rings (SSSR count). The molecule has 0 unspecified atom stereocenters. The van der Waals surface area contributed by atoms with Crippen molar-refractivity contribution < 1.29 is 0 Å². The Morgan fingerprint density at radius 1 is 1.35 bits per heavy atom. The Labute approximate surface area is 105 Å². The molecule has 2 aromatic rings. The van der Waals surface area contributed by atoms with Crippen molar-refractivity contribution in [3.8, 4) is 11.4 Å². The predicted molar refractivity (Wildman–Crippen MR) is 66.9 cm³/mol. The van der Waals surface area contributed by atoms with E-state index in [1.165, 1.54) is 0 Å². The Hall–Kier alpha value is -1.39. The highest BCUT2D eigenvalue weighted by atomic mass is 35.5. The lowest BCUT2D eigenvalue weighted by atomic mass is 10.1. The first-order chi connectivity index (χ1) is 8.25. The lowest BCUT2D eigenvalue weighted by Crippen LogP contribution is -2.28. The maximum Gasteiger partial charge on any atom is 0.164 e. The maximum absolute atomic E-state index is 5.97. The molecule has 1 aliphatic heterocycles. The SMILES string of the molecule is Cc1cc(Cl)ccc1-c1nnc2n1CCNC2. The van der Waals surface area contributed by atoms with E-state index in [9.17, 15) is 0 Å². The van der Waals surface area contributed by atoms with E-state index >= 15 is 0 Å². The molecule has 1 aliphatic rings. The summed E-state index contributed by atoms with van der Waals surface area (Å²) in [5, 5.41) is 12.5. The maximum atomic E-state index is 5.97. The lowest BCUT2D eigenvalue weighted by Gasteiger charge is -2.16. The van der Waals surface area contributed by atoms with E-state index in [-0.39, 0.29) is 0 Å². The largest absolute Gasteiger partial charge is 0.309 e. The van der Waals surface area contributed by atoms with Crippen LogP contribution in [0.15, 0.2) is 18.2 Å². The van der Waals surface area contributed by atoms with Gasteiger partial charge in [0.15, 0.2) is 5.82 Å². The number of aryl methyl sites for hydroxylation is 1. The molecular weight excluding hydrogens is 236 g/mol. The van der Waals surface area contributed by atoms with Crippen molar-refractivity contribution in [1.29, 1.82) is 0 Å². The number of halogens is 1. The van der Waals surface area contributed by atoms with Crippen molar-refractivity contribution in [2.45, 2.75) is 20.0 Å². The van der Waals surface area contributed by atoms with Crippen LogP contribution in [0.3, 0.4) is 0 Å². The number of hydrogen-bond acceptors (Lipinski definition) is 3. The topological polar surface area (TPSA) is 42.7 Å². The van der Waals surface area contributed by atoms with Crippen LogP contribution in [0.1, 0.15) is 11.4 Å². The zero-order chi connectivity index (χ0) is 11.8. The van der Waals surface area contributed by atoms with Gasteiger partial charge in [0.25, 0.3) is 0 Å². The van der Waals surface area contributed by atoms with E-state index in [0.717, 1.165) is 47.4 Å². The molecule has 0 radical (unpaired) electrons. The van der Waals surface area contributed by atoms with Crippen LogP contribution in [0, 0.1) is 6.92 Å². The predicted octanol–water partition coefficient (Wildman–Crippen LogP) is 2.01. The number of nitrogens with zero attached hydrogens (tertiary/aromatic N) is 3. The Balaban J connectivity index is 2.12. The minimum atomic E-state index is 0.756. The van der Waals surface area contributed by atoms with Gasteiger partial charge in [-0.1, -0.05) is 11.6 Å². The summed E-state index contributed by atoms with van der Waals surface area (Å²) in [6, 6.07) is 5.86. The third-order valence-electron chi connectivity index (χ3n) is 3.05. The Morgan fingerprint density at radius 2 is 2.24 bits per heavy atom. The minimum absolute atomic E-state index is 0.756. The van der Waals surface area contributed by atoms with Gasteiger partial charge in [-0.05, 0) is 30.7 Å². The number of aromatic nitrogens is 3. The van der Waals surface area contributed by atoms with Gasteiger partial charge >= 0.3 is 0 Å². The molecule has 0 aliphatic carbocycles. The highest BCUT2D eigenvalue weighted by Crippen LogP contribution is 2.25. The van der Waals surface area contributed by atoms with Crippen LogP contribution in [0.2, 0.25) is 5.02 Å². The molecule has 0 bridgehead atoms. The summed E-state index contributed by atoms with van der Waals surface area (Å²) in [6.07, 6.45) is 0. The summed E-state index contributed by atoms with van der Waals surface area (Å²) in [6.45, 7) is 4.72. The molecule has 5 heteroatoms. The van der Waals surface area contributed by atoms with E-state index in [1.54, 1.807) is 0 Å². The molecule has 0 saturated carbocycles. The van der Waals surface area contributed by atoms with Gasteiger partial charge in [-0.25, -0.2) is 0 Å². The second kappa shape index (κ2) is 4.13. The normalized spacial score (nSPS) is 14.7. The van der Waals surface area contributed by atoms with Crippen molar-refractivity contribution in [3.05, 3.63) is 34.6 Å². The number of rotatable bonds is 1. The van der Waals surface area contributed by atoms with Crippen molar-refractivity contribution in [2.75, 3.05) is 6.54 Å². The van der Waals surface area contributed by atoms with Crippen LogP contribution >= 0.6 is 11.6 Å². The zero-order valence-electron chi connectivity index (χ0n) is 9.57. The summed E-state index contributed by atoms with van der Waals surface area (Å²) in [4.78, 5) is 0. The van der Waals surface area contributed by atoms with Crippen LogP contribution < -0.4 is 5.32 Å². The molecule has 1 N–H and O–H groups in total. The molecule has 2 heterocycles. The molecule has 4 nitrogen and oxygen atoms in total. The first-order valence-electron chi connectivity index (χ1n) is 5.65. The fraction of sp³-hybridized carbons (Fsp3) is 0.333. The van der Waals surface area contributed by atoms with E-state index < -0.39 is 0 Å². The molecular formula is C12H13ClN4. The minimum Gasteiger partial charge on any atom is -0.309 e. The Kier molecular flexibility index (Phi) is 2.61. The summed E-state index contributed by atoms with van der Waals surface area (Å²) in [7, 11) is 0. The fourth-order valence-corrected chi connectivity index (χ4v) is 2.40. The van der Waals surface area contributed by atoms with Crippen molar-refractivity contribution in [1.82, 2.24) is 20.1 Å². The molecule has 17 heavy (non-hydrogen) atoms. The van der Waals surface area contributed by atoms with Gasteiger partial charge < -0.3 is 9.88 Å². The van der Waals surface area contributed by atoms with E-state index in [1.807, 2.05) is 25.1 Å². The zero-order valence-corrected chi connectivity index (χ0v) is 10.3.